The van der Waals surface area contributed by atoms with Crippen molar-refractivity contribution < 1.29 is 0 Å². The molecule has 2 rings (SSSR count). The summed E-state index contributed by atoms with van der Waals surface area (Å²) < 4.78 is 0. The number of nitrogens with one attached hydrogen (secondary N) is 1. The molecule has 1 aromatic rings. The minimum absolute atomic E-state index is 0.638. The maximum Gasteiger partial charge on any atom is 0.0245 e. The fraction of sp³-hybridized carbons (Fsp3) is 0.714. The molecule has 0 amide bonds. The number of hydrogen-bond acceptors (Lipinski definition) is 3. The number of thiophene rings is 1. The third-order valence-electron chi connectivity index (χ3n) is 3.79. The first kappa shape index (κ1) is 13.1. The Labute approximate surface area is 109 Å². The highest BCUT2D eigenvalue weighted by Gasteiger charge is 2.24. The van der Waals surface area contributed by atoms with Crippen molar-refractivity contribution in [1.82, 2.24) is 10.2 Å². The van der Waals surface area contributed by atoms with E-state index in [2.05, 4.69) is 47.8 Å². The first-order valence-electron chi connectivity index (χ1n) is 6.65. The van der Waals surface area contributed by atoms with Gasteiger partial charge in [-0.05, 0) is 48.2 Å². The Morgan fingerprint density at radius 1 is 1.53 bits per heavy atom. The van der Waals surface area contributed by atoms with E-state index in [0.717, 1.165) is 13.1 Å². The van der Waals surface area contributed by atoms with Gasteiger partial charge in [0.05, 0.1) is 0 Å². The molecule has 96 valence electrons. The molecular weight excluding hydrogens is 228 g/mol. The lowest BCUT2D eigenvalue weighted by Gasteiger charge is -2.30. The Balaban J connectivity index is 2.01. The molecule has 1 aliphatic heterocycles. The summed E-state index contributed by atoms with van der Waals surface area (Å²) in [6.07, 6.45) is 1.26. The summed E-state index contributed by atoms with van der Waals surface area (Å²) in [4.78, 5) is 2.63. The second kappa shape index (κ2) is 5.98. The molecule has 17 heavy (non-hydrogen) atoms. The third kappa shape index (κ3) is 3.54. The monoisotopic (exact) mass is 252 g/mol. The van der Waals surface area contributed by atoms with Crippen LogP contribution in [0, 0.1) is 5.92 Å². The van der Waals surface area contributed by atoms with Crippen molar-refractivity contribution in [1.29, 1.82) is 0 Å². The van der Waals surface area contributed by atoms with E-state index in [4.69, 9.17) is 0 Å². The van der Waals surface area contributed by atoms with E-state index in [1.807, 2.05) is 0 Å². The van der Waals surface area contributed by atoms with Crippen LogP contribution in [-0.4, -0.2) is 30.1 Å². The zero-order valence-corrected chi connectivity index (χ0v) is 12.0. The molecule has 0 spiro atoms. The van der Waals surface area contributed by atoms with Gasteiger partial charge in [0.25, 0.3) is 0 Å². The second-order valence-corrected chi connectivity index (χ2v) is 6.28. The zero-order valence-electron chi connectivity index (χ0n) is 11.1. The summed E-state index contributed by atoms with van der Waals surface area (Å²) in [6.45, 7) is 10.4. The number of nitrogens with zero attached hydrogens (tertiary/aromatic N) is 1. The van der Waals surface area contributed by atoms with E-state index >= 15 is 0 Å². The van der Waals surface area contributed by atoms with Gasteiger partial charge in [0, 0.05) is 25.2 Å². The largest absolute Gasteiger partial charge is 0.312 e. The standard InChI is InChI=1S/C14H24N2S/c1-11(2)14-9-16(12(3)4-6-15-14)8-13-5-7-17-10-13/h5,7,10-12,14-15H,4,6,8-9H2,1-3H3. The predicted octanol–water partition coefficient (Wildman–Crippen LogP) is 2.96. The Bertz CT molecular complexity index is 321. The van der Waals surface area contributed by atoms with E-state index < -0.39 is 0 Å². The van der Waals surface area contributed by atoms with Crippen molar-refractivity contribution >= 4 is 11.3 Å². The van der Waals surface area contributed by atoms with Crippen LogP contribution in [0.4, 0.5) is 0 Å². The molecule has 2 heterocycles. The molecule has 2 atom stereocenters. The summed E-state index contributed by atoms with van der Waals surface area (Å²) in [7, 11) is 0. The molecule has 0 saturated carbocycles. The van der Waals surface area contributed by atoms with Crippen LogP contribution in [0.1, 0.15) is 32.8 Å². The van der Waals surface area contributed by atoms with Crippen LogP contribution >= 0.6 is 11.3 Å². The van der Waals surface area contributed by atoms with Crippen molar-refractivity contribution in [3.63, 3.8) is 0 Å². The van der Waals surface area contributed by atoms with Crippen LogP contribution < -0.4 is 5.32 Å². The van der Waals surface area contributed by atoms with Gasteiger partial charge in [-0.1, -0.05) is 13.8 Å². The quantitative estimate of drug-likeness (QED) is 0.890. The van der Waals surface area contributed by atoms with Crippen molar-refractivity contribution in [2.75, 3.05) is 13.1 Å². The average Bonchev–Trinajstić information content (AvgIpc) is 2.71. The highest BCUT2D eigenvalue weighted by molar-refractivity contribution is 7.07. The predicted molar refractivity (Wildman–Crippen MR) is 75.4 cm³/mol. The molecule has 2 nitrogen and oxygen atoms in total. The van der Waals surface area contributed by atoms with Gasteiger partial charge < -0.3 is 5.32 Å². The average molecular weight is 252 g/mol. The van der Waals surface area contributed by atoms with Crippen LogP contribution in [-0.2, 0) is 6.54 Å². The number of rotatable bonds is 3. The summed E-state index contributed by atoms with van der Waals surface area (Å²) in [5.74, 6) is 0.713. The molecule has 1 aliphatic rings. The van der Waals surface area contributed by atoms with Crippen molar-refractivity contribution in [2.24, 2.45) is 5.92 Å². The Morgan fingerprint density at radius 2 is 2.35 bits per heavy atom. The van der Waals surface area contributed by atoms with Crippen LogP contribution in [0.2, 0.25) is 0 Å². The van der Waals surface area contributed by atoms with Gasteiger partial charge in [-0.3, -0.25) is 4.90 Å². The molecule has 1 N–H and O–H groups in total. The lowest BCUT2D eigenvalue weighted by molar-refractivity contribution is 0.184. The Kier molecular flexibility index (Phi) is 4.60. The van der Waals surface area contributed by atoms with E-state index in [-0.39, 0.29) is 0 Å². The van der Waals surface area contributed by atoms with Crippen molar-refractivity contribution in [2.45, 2.75) is 45.8 Å². The van der Waals surface area contributed by atoms with Crippen LogP contribution in [0.25, 0.3) is 0 Å². The molecule has 3 heteroatoms. The minimum Gasteiger partial charge on any atom is -0.312 e. The maximum atomic E-state index is 3.68. The molecule has 0 radical (unpaired) electrons. The maximum absolute atomic E-state index is 3.68. The van der Waals surface area contributed by atoms with Crippen LogP contribution in [0.3, 0.4) is 0 Å². The summed E-state index contributed by atoms with van der Waals surface area (Å²) in [5, 5.41) is 8.13. The van der Waals surface area contributed by atoms with E-state index in [9.17, 15) is 0 Å². The smallest absolute Gasteiger partial charge is 0.0245 e. The topological polar surface area (TPSA) is 15.3 Å². The van der Waals surface area contributed by atoms with Gasteiger partial charge in [-0.2, -0.15) is 11.3 Å². The lowest BCUT2D eigenvalue weighted by atomic mass is 10.0. The lowest BCUT2D eigenvalue weighted by Crippen LogP contribution is -2.42. The first-order valence-corrected chi connectivity index (χ1v) is 7.59. The summed E-state index contributed by atoms with van der Waals surface area (Å²) in [5.41, 5.74) is 1.46. The molecular formula is C14H24N2S. The third-order valence-corrected chi connectivity index (χ3v) is 4.53. The van der Waals surface area contributed by atoms with Gasteiger partial charge in [0.15, 0.2) is 0 Å². The molecule has 1 fully saturated rings. The van der Waals surface area contributed by atoms with E-state index in [0.29, 0.717) is 18.0 Å². The summed E-state index contributed by atoms with van der Waals surface area (Å²) >= 11 is 1.80. The SMILES string of the molecule is CC(C)C1CN(Cc2ccsc2)C(C)CCN1. The van der Waals surface area contributed by atoms with Crippen LogP contribution in [0.15, 0.2) is 16.8 Å². The fourth-order valence-corrected chi connectivity index (χ4v) is 3.10. The van der Waals surface area contributed by atoms with Gasteiger partial charge in [-0.15, -0.1) is 0 Å². The molecule has 1 saturated heterocycles. The number of hydrogen-bond donors (Lipinski definition) is 1. The molecule has 0 bridgehead atoms. The van der Waals surface area contributed by atoms with Crippen molar-refractivity contribution in [3.05, 3.63) is 22.4 Å². The first-order chi connectivity index (χ1) is 8.16. The summed E-state index contributed by atoms with van der Waals surface area (Å²) in [6, 6.07) is 3.57. The van der Waals surface area contributed by atoms with E-state index in [1.165, 1.54) is 18.5 Å². The molecule has 1 aromatic heterocycles. The fourth-order valence-electron chi connectivity index (χ4n) is 2.44. The molecule has 0 aromatic carbocycles. The highest BCUT2D eigenvalue weighted by Crippen LogP contribution is 2.17. The highest BCUT2D eigenvalue weighted by atomic mass is 32.1. The van der Waals surface area contributed by atoms with Crippen molar-refractivity contribution in [3.8, 4) is 0 Å². The normalized spacial score (nSPS) is 27.3. The van der Waals surface area contributed by atoms with Crippen LogP contribution in [0.5, 0.6) is 0 Å². The minimum atomic E-state index is 0.638. The zero-order chi connectivity index (χ0) is 12.3. The molecule has 2 unspecified atom stereocenters. The Morgan fingerprint density at radius 3 is 3.00 bits per heavy atom. The molecule has 0 aliphatic carbocycles. The van der Waals surface area contributed by atoms with Gasteiger partial charge in [-0.25, -0.2) is 0 Å². The van der Waals surface area contributed by atoms with Gasteiger partial charge >= 0.3 is 0 Å². The Hall–Kier alpha value is -0.380. The second-order valence-electron chi connectivity index (χ2n) is 5.50. The van der Waals surface area contributed by atoms with E-state index in [1.54, 1.807) is 11.3 Å². The van der Waals surface area contributed by atoms with Gasteiger partial charge in [0.2, 0.25) is 0 Å². The van der Waals surface area contributed by atoms with Gasteiger partial charge in [0.1, 0.15) is 0 Å².